The lowest BCUT2D eigenvalue weighted by atomic mass is 10.2. The SMILES string of the molecule is CCCS(=O)(=O)O.Nc1cccc(CO)c1. The molecule has 0 amide bonds. The smallest absolute Gasteiger partial charge is 0.264 e. The zero-order valence-electron chi connectivity index (χ0n) is 9.13. The zero-order chi connectivity index (χ0) is 12.6. The average molecular weight is 247 g/mol. The molecule has 1 rings (SSSR count). The highest BCUT2D eigenvalue weighted by atomic mass is 32.2. The Labute approximate surface area is 95.7 Å². The van der Waals surface area contributed by atoms with Gasteiger partial charge in [-0.3, -0.25) is 4.55 Å². The molecule has 0 aliphatic heterocycles. The minimum Gasteiger partial charge on any atom is -0.399 e. The molecule has 6 heteroatoms. The standard InChI is InChI=1S/C7H9NO.C3H8O3S/c8-7-3-1-2-6(4-7)5-9;1-2-3-7(4,5)6/h1-4,9H,5,8H2;2-3H2,1H3,(H,4,5,6). The predicted molar refractivity (Wildman–Crippen MR) is 63.5 cm³/mol. The zero-order valence-corrected chi connectivity index (χ0v) is 9.94. The molecule has 0 bridgehead atoms. The van der Waals surface area contributed by atoms with E-state index in [1.54, 1.807) is 19.1 Å². The summed E-state index contributed by atoms with van der Waals surface area (Å²) in [5.41, 5.74) is 6.98. The predicted octanol–water partition coefficient (Wildman–Crippen LogP) is 1.05. The molecule has 0 radical (unpaired) electrons. The first-order chi connectivity index (χ1) is 7.39. The fourth-order valence-electron chi connectivity index (χ4n) is 0.949. The number of benzene rings is 1. The van der Waals surface area contributed by atoms with Crippen LogP contribution >= 0.6 is 0 Å². The number of aliphatic hydroxyl groups is 1. The molecule has 0 spiro atoms. The first-order valence-corrected chi connectivity index (χ1v) is 6.40. The molecule has 0 aliphatic carbocycles. The Morgan fingerprint density at radius 1 is 1.38 bits per heavy atom. The van der Waals surface area contributed by atoms with Gasteiger partial charge in [0.25, 0.3) is 10.1 Å². The molecule has 0 heterocycles. The molecule has 4 N–H and O–H groups in total. The van der Waals surface area contributed by atoms with Crippen molar-refractivity contribution in [2.45, 2.75) is 20.0 Å². The Morgan fingerprint density at radius 2 is 2.00 bits per heavy atom. The fraction of sp³-hybridized carbons (Fsp3) is 0.400. The van der Waals surface area contributed by atoms with Crippen molar-refractivity contribution in [1.82, 2.24) is 0 Å². The molecule has 1 aromatic rings. The first-order valence-electron chi connectivity index (χ1n) is 4.79. The van der Waals surface area contributed by atoms with Gasteiger partial charge < -0.3 is 10.8 Å². The van der Waals surface area contributed by atoms with Crippen molar-refractivity contribution < 1.29 is 18.1 Å². The van der Waals surface area contributed by atoms with Crippen molar-refractivity contribution >= 4 is 15.8 Å². The van der Waals surface area contributed by atoms with Crippen LogP contribution in [0.2, 0.25) is 0 Å². The van der Waals surface area contributed by atoms with Gasteiger partial charge in [-0.15, -0.1) is 0 Å². The lowest BCUT2D eigenvalue weighted by Gasteiger charge is -1.94. The van der Waals surface area contributed by atoms with Crippen LogP contribution in [0.25, 0.3) is 0 Å². The van der Waals surface area contributed by atoms with Crippen molar-refractivity contribution in [2.75, 3.05) is 11.5 Å². The third-order valence-corrected chi connectivity index (χ3v) is 2.52. The molecular weight excluding hydrogens is 230 g/mol. The van der Waals surface area contributed by atoms with Crippen LogP contribution in [0.4, 0.5) is 5.69 Å². The van der Waals surface area contributed by atoms with Gasteiger partial charge >= 0.3 is 0 Å². The summed E-state index contributed by atoms with van der Waals surface area (Å²) in [6.45, 7) is 1.75. The Balaban J connectivity index is 0.000000293. The van der Waals surface area contributed by atoms with E-state index in [1.807, 2.05) is 12.1 Å². The first kappa shape index (κ1) is 14.9. The number of anilines is 1. The van der Waals surface area contributed by atoms with Crippen LogP contribution in [-0.2, 0) is 16.7 Å². The summed E-state index contributed by atoms with van der Waals surface area (Å²) in [5, 5.41) is 8.61. The summed E-state index contributed by atoms with van der Waals surface area (Å²) < 4.78 is 27.6. The second-order valence-corrected chi connectivity index (χ2v) is 4.76. The van der Waals surface area contributed by atoms with E-state index in [0.29, 0.717) is 12.1 Å². The normalized spacial score (nSPS) is 10.4. The summed E-state index contributed by atoms with van der Waals surface area (Å²) in [6, 6.07) is 7.19. The van der Waals surface area contributed by atoms with Gasteiger partial charge in [-0.05, 0) is 24.1 Å². The molecule has 92 valence electrons. The third kappa shape index (κ3) is 8.22. The maximum Gasteiger partial charge on any atom is 0.264 e. The van der Waals surface area contributed by atoms with Crippen molar-refractivity contribution in [1.29, 1.82) is 0 Å². The summed E-state index contributed by atoms with van der Waals surface area (Å²) in [5.74, 6) is -0.132. The Hall–Kier alpha value is -1.11. The molecule has 0 aromatic heterocycles. The maximum absolute atomic E-state index is 9.79. The number of hydrogen-bond acceptors (Lipinski definition) is 4. The third-order valence-electron chi connectivity index (χ3n) is 1.60. The van der Waals surface area contributed by atoms with Crippen LogP contribution in [-0.4, -0.2) is 23.8 Å². The molecule has 0 unspecified atom stereocenters. The number of nitrogen functional groups attached to an aromatic ring is 1. The van der Waals surface area contributed by atoms with Gasteiger partial charge in [0.05, 0.1) is 12.4 Å². The molecule has 0 aliphatic rings. The van der Waals surface area contributed by atoms with Gasteiger partial charge in [0.2, 0.25) is 0 Å². The Kier molecular flexibility index (Phi) is 6.71. The molecular formula is C10H17NO4S. The molecule has 0 saturated heterocycles. The van der Waals surface area contributed by atoms with E-state index in [4.69, 9.17) is 15.4 Å². The topological polar surface area (TPSA) is 101 Å². The van der Waals surface area contributed by atoms with Gasteiger partial charge in [-0.25, -0.2) is 0 Å². The summed E-state index contributed by atoms with van der Waals surface area (Å²) in [6.07, 6.45) is 0.471. The lowest BCUT2D eigenvalue weighted by Crippen LogP contribution is -2.01. The molecule has 16 heavy (non-hydrogen) atoms. The van der Waals surface area contributed by atoms with E-state index in [-0.39, 0.29) is 12.4 Å². The highest BCUT2D eigenvalue weighted by Crippen LogP contribution is 2.04. The van der Waals surface area contributed by atoms with Crippen LogP contribution in [0.15, 0.2) is 24.3 Å². The molecule has 0 saturated carbocycles. The lowest BCUT2D eigenvalue weighted by molar-refractivity contribution is 0.282. The van der Waals surface area contributed by atoms with Gasteiger partial charge in [-0.2, -0.15) is 8.42 Å². The molecule has 0 fully saturated rings. The second-order valence-electron chi connectivity index (χ2n) is 3.19. The van der Waals surface area contributed by atoms with Gasteiger partial charge in [0.15, 0.2) is 0 Å². The molecule has 5 nitrogen and oxygen atoms in total. The highest BCUT2D eigenvalue weighted by molar-refractivity contribution is 7.85. The average Bonchev–Trinajstić information content (AvgIpc) is 2.17. The summed E-state index contributed by atoms with van der Waals surface area (Å²) in [7, 11) is -3.67. The molecule has 0 atom stereocenters. The fourth-order valence-corrected chi connectivity index (χ4v) is 1.47. The van der Waals surface area contributed by atoms with E-state index in [0.717, 1.165) is 5.56 Å². The van der Waals surface area contributed by atoms with Crippen LogP contribution in [0.5, 0.6) is 0 Å². The van der Waals surface area contributed by atoms with E-state index < -0.39 is 10.1 Å². The van der Waals surface area contributed by atoms with Crippen molar-refractivity contribution in [2.24, 2.45) is 0 Å². The Bertz CT molecular complexity index is 403. The summed E-state index contributed by atoms with van der Waals surface area (Å²) in [4.78, 5) is 0. The van der Waals surface area contributed by atoms with Crippen LogP contribution in [0, 0.1) is 0 Å². The quantitative estimate of drug-likeness (QED) is 0.547. The monoisotopic (exact) mass is 247 g/mol. The van der Waals surface area contributed by atoms with Crippen molar-refractivity contribution in [3.05, 3.63) is 29.8 Å². The van der Waals surface area contributed by atoms with E-state index in [1.165, 1.54) is 0 Å². The maximum atomic E-state index is 9.79. The van der Waals surface area contributed by atoms with E-state index in [2.05, 4.69) is 0 Å². The minimum atomic E-state index is -3.67. The highest BCUT2D eigenvalue weighted by Gasteiger charge is 1.98. The van der Waals surface area contributed by atoms with E-state index >= 15 is 0 Å². The van der Waals surface area contributed by atoms with Gasteiger partial charge in [-0.1, -0.05) is 19.1 Å². The largest absolute Gasteiger partial charge is 0.399 e. The second kappa shape index (κ2) is 7.21. The minimum absolute atomic E-state index is 0.0606. The van der Waals surface area contributed by atoms with Gasteiger partial charge in [0.1, 0.15) is 0 Å². The summed E-state index contributed by atoms with van der Waals surface area (Å²) >= 11 is 0. The van der Waals surface area contributed by atoms with Crippen molar-refractivity contribution in [3.8, 4) is 0 Å². The number of nitrogens with two attached hydrogens (primary N) is 1. The Morgan fingerprint density at radius 3 is 2.25 bits per heavy atom. The number of rotatable bonds is 3. The van der Waals surface area contributed by atoms with E-state index in [9.17, 15) is 8.42 Å². The van der Waals surface area contributed by atoms with Gasteiger partial charge in [0, 0.05) is 5.69 Å². The number of hydrogen-bond donors (Lipinski definition) is 3. The van der Waals surface area contributed by atoms with Crippen molar-refractivity contribution in [3.63, 3.8) is 0 Å². The van der Waals surface area contributed by atoms with Crippen LogP contribution in [0.1, 0.15) is 18.9 Å². The van der Waals surface area contributed by atoms with Crippen LogP contribution in [0.3, 0.4) is 0 Å². The van der Waals surface area contributed by atoms with Crippen LogP contribution < -0.4 is 5.73 Å². The molecule has 1 aromatic carbocycles. The number of aliphatic hydroxyl groups excluding tert-OH is 1.